The molecule has 0 heterocycles. The number of rotatable bonds is 8. The number of ether oxygens (including phenoxy) is 3. The topological polar surface area (TPSA) is 65.0 Å². The van der Waals surface area contributed by atoms with Gasteiger partial charge in [-0.05, 0) is 35.9 Å². The van der Waals surface area contributed by atoms with Gasteiger partial charge in [0.15, 0.2) is 11.5 Å². The summed E-state index contributed by atoms with van der Waals surface area (Å²) in [5.41, 5.74) is 0.678. The number of benzene rings is 2. The monoisotopic (exact) mass is 382 g/mol. The van der Waals surface area contributed by atoms with Crippen LogP contribution in [-0.4, -0.2) is 31.4 Å². The van der Waals surface area contributed by atoms with Crippen LogP contribution in [0, 0.1) is 0 Å². The number of halogens is 2. The van der Waals surface area contributed by atoms with E-state index in [4.69, 9.17) is 42.5 Å². The minimum absolute atomic E-state index is 0.241. The molecule has 132 valence electrons. The van der Waals surface area contributed by atoms with E-state index in [0.29, 0.717) is 32.9 Å². The second-order valence-corrected chi connectivity index (χ2v) is 5.70. The first kappa shape index (κ1) is 19.0. The smallest absolute Gasteiger partial charge is 0.328 e. The lowest BCUT2D eigenvalue weighted by Gasteiger charge is -2.13. The Morgan fingerprint density at radius 3 is 2.44 bits per heavy atom. The van der Waals surface area contributed by atoms with Gasteiger partial charge >= 0.3 is 5.97 Å². The molecule has 0 aliphatic carbocycles. The van der Waals surface area contributed by atoms with Crippen molar-refractivity contribution in [2.75, 3.05) is 20.3 Å². The molecule has 7 heteroatoms. The lowest BCUT2D eigenvalue weighted by Crippen LogP contribution is -2.10. The maximum Gasteiger partial charge on any atom is 0.328 e. The summed E-state index contributed by atoms with van der Waals surface area (Å²) >= 11 is 11.9. The summed E-state index contributed by atoms with van der Waals surface area (Å²) in [4.78, 5) is 10.6. The molecule has 2 aromatic rings. The zero-order valence-corrected chi connectivity index (χ0v) is 14.9. The maximum atomic E-state index is 10.6. The highest BCUT2D eigenvalue weighted by atomic mass is 35.5. The van der Waals surface area contributed by atoms with Gasteiger partial charge in [-0.1, -0.05) is 29.3 Å². The molecule has 2 rings (SSSR count). The van der Waals surface area contributed by atoms with E-state index < -0.39 is 5.97 Å². The summed E-state index contributed by atoms with van der Waals surface area (Å²) < 4.78 is 16.4. The van der Waals surface area contributed by atoms with Crippen molar-refractivity contribution in [3.8, 4) is 17.2 Å². The Morgan fingerprint density at radius 1 is 1.04 bits per heavy atom. The molecule has 0 unspecified atom stereocenters. The third kappa shape index (κ3) is 5.89. The summed E-state index contributed by atoms with van der Waals surface area (Å²) in [7, 11) is 1.52. The van der Waals surface area contributed by atoms with Gasteiger partial charge in [-0.3, -0.25) is 0 Å². The highest BCUT2D eigenvalue weighted by Crippen LogP contribution is 2.29. The van der Waals surface area contributed by atoms with Crippen molar-refractivity contribution in [3.63, 3.8) is 0 Å². The fourth-order valence-corrected chi connectivity index (χ4v) is 2.30. The van der Waals surface area contributed by atoms with Crippen LogP contribution < -0.4 is 14.2 Å². The molecule has 0 aromatic heterocycles. The number of carbonyl (C=O) groups is 1. The highest BCUT2D eigenvalue weighted by Gasteiger charge is 2.07. The SMILES string of the molecule is COc1ccc(C=CC(=O)O)cc1OCCOc1cc(Cl)ccc1Cl. The van der Waals surface area contributed by atoms with Crippen LogP contribution in [0.3, 0.4) is 0 Å². The van der Waals surface area contributed by atoms with Crippen molar-refractivity contribution in [2.45, 2.75) is 0 Å². The van der Waals surface area contributed by atoms with Crippen LogP contribution in [0.15, 0.2) is 42.5 Å². The standard InChI is InChI=1S/C18H16Cl2O5/c1-23-15-6-2-12(3-7-18(21)22)10-17(15)25-9-8-24-16-11-13(19)4-5-14(16)20/h2-7,10-11H,8-9H2,1H3,(H,21,22). The number of hydrogen-bond donors (Lipinski definition) is 1. The van der Waals surface area contributed by atoms with E-state index in [1.807, 2.05) is 0 Å². The first-order chi connectivity index (χ1) is 12.0. The normalized spacial score (nSPS) is 10.7. The van der Waals surface area contributed by atoms with Gasteiger partial charge in [-0.15, -0.1) is 0 Å². The lowest BCUT2D eigenvalue weighted by atomic mass is 10.2. The lowest BCUT2D eigenvalue weighted by molar-refractivity contribution is -0.131. The molecule has 0 bridgehead atoms. The van der Waals surface area contributed by atoms with Crippen LogP contribution in [0.25, 0.3) is 6.08 Å². The number of carboxylic acid groups (broad SMARTS) is 1. The number of carboxylic acids is 1. The summed E-state index contributed by atoms with van der Waals surface area (Å²) in [5, 5.41) is 9.68. The zero-order chi connectivity index (χ0) is 18.2. The summed E-state index contributed by atoms with van der Waals surface area (Å²) in [6.45, 7) is 0.490. The molecule has 25 heavy (non-hydrogen) atoms. The van der Waals surface area contributed by atoms with E-state index in [1.54, 1.807) is 36.4 Å². The second kappa shape index (κ2) is 9.20. The Hall–Kier alpha value is -2.37. The van der Waals surface area contributed by atoms with E-state index in [0.717, 1.165) is 6.08 Å². The van der Waals surface area contributed by atoms with Crippen molar-refractivity contribution in [1.82, 2.24) is 0 Å². The first-order valence-corrected chi connectivity index (χ1v) is 8.05. The molecule has 0 fully saturated rings. The predicted molar refractivity (Wildman–Crippen MR) is 97.1 cm³/mol. The second-order valence-electron chi connectivity index (χ2n) is 4.85. The van der Waals surface area contributed by atoms with Gasteiger partial charge in [0.05, 0.1) is 12.1 Å². The zero-order valence-electron chi connectivity index (χ0n) is 13.4. The fraction of sp³-hybridized carbons (Fsp3) is 0.167. The van der Waals surface area contributed by atoms with Crippen LogP contribution in [0.1, 0.15) is 5.56 Å². The van der Waals surface area contributed by atoms with Crippen molar-refractivity contribution in [1.29, 1.82) is 0 Å². The Kier molecular flexibility index (Phi) is 6.98. The summed E-state index contributed by atoms with van der Waals surface area (Å²) in [6, 6.07) is 10.1. The third-order valence-electron chi connectivity index (χ3n) is 3.10. The van der Waals surface area contributed by atoms with Gasteiger partial charge in [0, 0.05) is 17.2 Å². The Bertz CT molecular complexity index is 774. The minimum atomic E-state index is -1.02. The molecular weight excluding hydrogens is 367 g/mol. The Labute approximate surface area is 155 Å². The van der Waals surface area contributed by atoms with Gasteiger partial charge in [-0.2, -0.15) is 0 Å². The molecule has 0 saturated carbocycles. The van der Waals surface area contributed by atoms with Crippen LogP contribution in [0.4, 0.5) is 0 Å². The highest BCUT2D eigenvalue weighted by molar-refractivity contribution is 6.34. The molecule has 0 saturated heterocycles. The Balaban J connectivity index is 1.98. The average molecular weight is 383 g/mol. The molecule has 0 aliphatic rings. The quantitative estimate of drug-likeness (QED) is 0.535. The molecule has 0 atom stereocenters. The third-order valence-corrected chi connectivity index (χ3v) is 3.65. The fourth-order valence-electron chi connectivity index (χ4n) is 1.97. The van der Waals surface area contributed by atoms with E-state index in [1.165, 1.54) is 13.2 Å². The van der Waals surface area contributed by atoms with Crippen LogP contribution in [-0.2, 0) is 4.79 Å². The number of methoxy groups -OCH3 is 1. The van der Waals surface area contributed by atoms with Crippen molar-refractivity contribution in [2.24, 2.45) is 0 Å². The number of hydrogen-bond acceptors (Lipinski definition) is 4. The minimum Gasteiger partial charge on any atom is -0.493 e. The maximum absolute atomic E-state index is 10.6. The number of aliphatic carboxylic acids is 1. The molecule has 5 nitrogen and oxygen atoms in total. The predicted octanol–water partition coefficient (Wildman–Crippen LogP) is 4.56. The van der Waals surface area contributed by atoms with Crippen LogP contribution in [0.2, 0.25) is 10.0 Å². The summed E-state index contributed by atoms with van der Waals surface area (Å²) in [6.07, 6.45) is 2.52. The van der Waals surface area contributed by atoms with Gasteiger partial charge in [0.1, 0.15) is 19.0 Å². The van der Waals surface area contributed by atoms with E-state index in [9.17, 15) is 4.79 Å². The first-order valence-electron chi connectivity index (χ1n) is 7.29. The molecule has 2 aromatic carbocycles. The van der Waals surface area contributed by atoms with Gasteiger partial charge in [-0.25, -0.2) is 4.79 Å². The van der Waals surface area contributed by atoms with E-state index in [2.05, 4.69) is 0 Å². The van der Waals surface area contributed by atoms with Gasteiger partial charge < -0.3 is 19.3 Å². The average Bonchev–Trinajstić information content (AvgIpc) is 2.59. The molecule has 0 amide bonds. The Morgan fingerprint density at radius 2 is 1.76 bits per heavy atom. The van der Waals surface area contributed by atoms with Crippen molar-refractivity contribution < 1.29 is 24.1 Å². The summed E-state index contributed by atoms with van der Waals surface area (Å²) in [5.74, 6) is 0.469. The molecule has 0 radical (unpaired) electrons. The van der Waals surface area contributed by atoms with Gasteiger partial charge in [0.25, 0.3) is 0 Å². The molecular formula is C18H16Cl2O5. The van der Waals surface area contributed by atoms with E-state index in [-0.39, 0.29) is 13.2 Å². The molecule has 0 aliphatic heterocycles. The van der Waals surface area contributed by atoms with Crippen molar-refractivity contribution in [3.05, 3.63) is 58.1 Å². The molecule has 0 spiro atoms. The van der Waals surface area contributed by atoms with E-state index >= 15 is 0 Å². The largest absolute Gasteiger partial charge is 0.493 e. The van der Waals surface area contributed by atoms with Crippen LogP contribution in [0.5, 0.6) is 17.2 Å². The van der Waals surface area contributed by atoms with Crippen LogP contribution >= 0.6 is 23.2 Å². The van der Waals surface area contributed by atoms with Gasteiger partial charge in [0.2, 0.25) is 0 Å². The van der Waals surface area contributed by atoms with Crippen molar-refractivity contribution >= 4 is 35.2 Å². The molecule has 1 N–H and O–H groups in total.